The van der Waals surface area contributed by atoms with E-state index in [0.29, 0.717) is 6.04 Å². The average Bonchev–Trinajstić information content (AvgIpc) is 2.82. The molecule has 18 heavy (non-hydrogen) atoms. The first kappa shape index (κ1) is 13.3. The molecule has 1 heterocycles. The molecule has 0 saturated heterocycles. The SMILES string of the molecule is CCCC(Cn1c2c(ccc1=O)CCC2)NCC. The highest BCUT2D eigenvalue weighted by Crippen LogP contribution is 2.20. The van der Waals surface area contributed by atoms with E-state index in [2.05, 4.69) is 19.2 Å². The van der Waals surface area contributed by atoms with Gasteiger partial charge in [-0.15, -0.1) is 0 Å². The molecule has 0 aliphatic heterocycles. The van der Waals surface area contributed by atoms with Gasteiger partial charge in [-0.3, -0.25) is 4.79 Å². The molecule has 1 aliphatic rings. The second-order valence-electron chi connectivity index (χ2n) is 5.15. The summed E-state index contributed by atoms with van der Waals surface area (Å²) in [5.74, 6) is 0. The molecule has 1 aromatic rings. The fourth-order valence-corrected chi connectivity index (χ4v) is 2.95. The lowest BCUT2D eigenvalue weighted by Gasteiger charge is -2.20. The van der Waals surface area contributed by atoms with Gasteiger partial charge in [0.15, 0.2) is 0 Å². The Balaban J connectivity index is 2.22. The highest BCUT2D eigenvalue weighted by molar-refractivity contribution is 5.25. The third kappa shape index (κ3) is 2.83. The Hall–Kier alpha value is -1.09. The van der Waals surface area contributed by atoms with E-state index in [4.69, 9.17) is 0 Å². The maximum Gasteiger partial charge on any atom is 0.250 e. The summed E-state index contributed by atoms with van der Waals surface area (Å²) < 4.78 is 2.01. The van der Waals surface area contributed by atoms with Crippen LogP contribution < -0.4 is 10.9 Å². The van der Waals surface area contributed by atoms with E-state index < -0.39 is 0 Å². The quantitative estimate of drug-likeness (QED) is 0.836. The van der Waals surface area contributed by atoms with Crippen LogP contribution in [-0.2, 0) is 19.4 Å². The number of hydrogen-bond acceptors (Lipinski definition) is 2. The first-order chi connectivity index (χ1) is 8.76. The fraction of sp³-hybridized carbons (Fsp3) is 0.667. The molecule has 1 N–H and O–H groups in total. The molecule has 1 aromatic heterocycles. The molecule has 0 saturated carbocycles. The van der Waals surface area contributed by atoms with Crippen LogP contribution >= 0.6 is 0 Å². The van der Waals surface area contributed by atoms with Crippen molar-refractivity contribution in [2.24, 2.45) is 0 Å². The van der Waals surface area contributed by atoms with Crippen molar-refractivity contribution in [1.29, 1.82) is 0 Å². The Morgan fingerprint density at radius 3 is 2.89 bits per heavy atom. The van der Waals surface area contributed by atoms with Crippen LogP contribution in [0.25, 0.3) is 0 Å². The number of nitrogens with zero attached hydrogens (tertiary/aromatic N) is 1. The van der Waals surface area contributed by atoms with Crippen LogP contribution in [0.15, 0.2) is 16.9 Å². The number of nitrogens with one attached hydrogen (secondary N) is 1. The molecule has 1 atom stereocenters. The Kier molecular flexibility index (Phi) is 4.59. The van der Waals surface area contributed by atoms with Crippen molar-refractivity contribution < 1.29 is 0 Å². The smallest absolute Gasteiger partial charge is 0.250 e. The highest BCUT2D eigenvalue weighted by atomic mass is 16.1. The summed E-state index contributed by atoms with van der Waals surface area (Å²) in [5.41, 5.74) is 2.82. The average molecular weight is 248 g/mol. The molecule has 1 aliphatic carbocycles. The van der Waals surface area contributed by atoms with Crippen molar-refractivity contribution >= 4 is 0 Å². The third-order valence-electron chi connectivity index (χ3n) is 3.78. The van der Waals surface area contributed by atoms with Crippen molar-refractivity contribution in [2.45, 2.75) is 58.5 Å². The van der Waals surface area contributed by atoms with Crippen molar-refractivity contribution in [3.05, 3.63) is 33.7 Å². The zero-order valence-electron chi connectivity index (χ0n) is 11.5. The minimum absolute atomic E-state index is 0.162. The van der Waals surface area contributed by atoms with Crippen molar-refractivity contribution in [3.8, 4) is 0 Å². The predicted molar refractivity (Wildman–Crippen MR) is 75.1 cm³/mol. The van der Waals surface area contributed by atoms with Gasteiger partial charge in [0.2, 0.25) is 0 Å². The van der Waals surface area contributed by atoms with Crippen molar-refractivity contribution in [2.75, 3.05) is 6.54 Å². The summed E-state index contributed by atoms with van der Waals surface area (Å²) in [5, 5.41) is 3.49. The maximum atomic E-state index is 12.1. The van der Waals surface area contributed by atoms with Gasteiger partial charge in [-0.05, 0) is 37.8 Å². The summed E-state index contributed by atoms with van der Waals surface area (Å²) in [7, 11) is 0. The minimum Gasteiger partial charge on any atom is -0.312 e. The highest BCUT2D eigenvalue weighted by Gasteiger charge is 2.17. The second-order valence-corrected chi connectivity index (χ2v) is 5.15. The zero-order chi connectivity index (χ0) is 13.0. The summed E-state index contributed by atoms with van der Waals surface area (Å²) in [4.78, 5) is 12.1. The predicted octanol–water partition coefficient (Wildman–Crippen LogP) is 2.12. The van der Waals surface area contributed by atoms with Gasteiger partial charge in [0.1, 0.15) is 0 Å². The van der Waals surface area contributed by atoms with Crippen molar-refractivity contribution in [1.82, 2.24) is 9.88 Å². The Morgan fingerprint density at radius 2 is 2.17 bits per heavy atom. The fourth-order valence-electron chi connectivity index (χ4n) is 2.95. The number of pyridine rings is 1. The number of hydrogen-bond donors (Lipinski definition) is 1. The van der Waals surface area contributed by atoms with Gasteiger partial charge in [0.25, 0.3) is 5.56 Å². The first-order valence-electron chi connectivity index (χ1n) is 7.21. The van der Waals surface area contributed by atoms with Gasteiger partial charge < -0.3 is 9.88 Å². The molecular weight excluding hydrogens is 224 g/mol. The Morgan fingerprint density at radius 1 is 1.33 bits per heavy atom. The van der Waals surface area contributed by atoms with Gasteiger partial charge in [0.05, 0.1) is 0 Å². The second kappa shape index (κ2) is 6.19. The van der Waals surface area contributed by atoms with Crippen LogP contribution in [0, 0.1) is 0 Å². The molecule has 100 valence electrons. The van der Waals surface area contributed by atoms with Crippen molar-refractivity contribution in [3.63, 3.8) is 0 Å². The standard InChI is InChI=1S/C15H24N2O/c1-3-6-13(16-4-2)11-17-14-8-5-7-12(14)9-10-15(17)18/h9-10,13,16H,3-8,11H2,1-2H3. The van der Waals surface area contributed by atoms with Gasteiger partial charge in [-0.25, -0.2) is 0 Å². The molecular formula is C15H24N2O. The lowest BCUT2D eigenvalue weighted by Crippen LogP contribution is -2.37. The van der Waals surface area contributed by atoms with E-state index in [1.54, 1.807) is 6.07 Å². The lowest BCUT2D eigenvalue weighted by molar-refractivity contribution is 0.417. The molecule has 1 unspecified atom stereocenters. The van der Waals surface area contributed by atoms with Crippen LogP contribution in [0.4, 0.5) is 0 Å². The van der Waals surface area contributed by atoms with Crippen LogP contribution in [0.1, 0.15) is 44.4 Å². The van der Waals surface area contributed by atoms with Crippen LogP contribution in [0.3, 0.4) is 0 Å². The molecule has 0 spiro atoms. The number of rotatable bonds is 6. The zero-order valence-corrected chi connectivity index (χ0v) is 11.5. The Labute approximate surface area is 109 Å². The maximum absolute atomic E-state index is 12.1. The topological polar surface area (TPSA) is 34.0 Å². The Bertz CT molecular complexity index is 444. The van der Waals surface area contributed by atoms with Gasteiger partial charge in [0, 0.05) is 24.3 Å². The molecule has 2 rings (SSSR count). The van der Waals surface area contributed by atoms with E-state index in [0.717, 1.165) is 38.8 Å². The number of fused-ring (bicyclic) bond motifs is 1. The van der Waals surface area contributed by atoms with Gasteiger partial charge in [-0.2, -0.15) is 0 Å². The molecule has 0 bridgehead atoms. The molecule has 3 heteroatoms. The molecule has 0 radical (unpaired) electrons. The summed E-state index contributed by atoms with van der Waals surface area (Å²) >= 11 is 0. The summed E-state index contributed by atoms with van der Waals surface area (Å²) in [6, 6.07) is 4.17. The normalized spacial score (nSPS) is 15.7. The molecule has 0 amide bonds. The van der Waals surface area contributed by atoms with E-state index in [-0.39, 0.29) is 5.56 Å². The van der Waals surface area contributed by atoms with E-state index in [9.17, 15) is 4.79 Å². The molecule has 3 nitrogen and oxygen atoms in total. The number of aryl methyl sites for hydroxylation is 1. The monoisotopic (exact) mass is 248 g/mol. The third-order valence-corrected chi connectivity index (χ3v) is 3.78. The first-order valence-corrected chi connectivity index (χ1v) is 7.21. The number of likely N-dealkylation sites (N-methyl/N-ethyl adjacent to an activating group) is 1. The van der Waals surface area contributed by atoms with E-state index >= 15 is 0 Å². The molecule has 0 fully saturated rings. The summed E-state index contributed by atoms with van der Waals surface area (Å²) in [6.45, 7) is 6.11. The van der Waals surface area contributed by atoms with Crippen LogP contribution in [0.2, 0.25) is 0 Å². The summed E-state index contributed by atoms with van der Waals surface area (Å²) in [6.07, 6.45) is 5.68. The largest absolute Gasteiger partial charge is 0.312 e. The van der Waals surface area contributed by atoms with Crippen LogP contribution in [0.5, 0.6) is 0 Å². The van der Waals surface area contributed by atoms with Crippen LogP contribution in [-0.4, -0.2) is 17.2 Å². The molecule has 0 aromatic carbocycles. The van der Waals surface area contributed by atoms with E-state index in [1.807, 2.05) is 10.6 Å². The number of aromatic nitrogens is 1. The minimum atomic E-state index is 0.162. The van der Waals surface area contributed by atoms with Gasteiger partial charge in [-0.1, -0.05) is 26.3 Å². The lowest BCUT2D eigenvalue weighted by atomic mass is 10.1. The van der Waals surface area contributed by atoms with E-state index in [1.165, 1.54) is 17.7 Å². The van der Waals surface area contributed by atoms with Gasteiger partial charge >= 0.3 is 0 Å².